The van der Waals surface area contributed by atoms with E-state index < -0.39 is 0 Å². The molecule has 0 radical (unpaired) electrons. The lowest BCUT2D eigenvalue weighted by atomic mass is 10.0. The van der Waals surface area contributed by atoms with Gasteiger partial charge < -0.3 is 0 Å². The molecular weight excluding hydrogens is 188 g/mol. The number of rotatable bonds is 6. The van der Waals surface area contributed by atoms with Gasteiger partial charge in [-0.3, -0.25) is 9.48 Å². The molecule has 84 valence electrons. The van der Waals surface area contributed by atoms with Crippen LogP contribution in [0.1, 0.15) is 39.2 Å². The summed E-state index contributed by atoms with van der Waals surface area (Å²) in [7, 11) is 0. The van der Waals surface area contributed by atoms with Crippen LogP contribution in [0.5, 0.6) is 0 Å². The molecule has 0 atom stereocenters. The minimum atomic E-state index is 0.319. The number of nitrogens with zero attached hydrogens (tertiary/aromatic N) is 2. The highest BCUT2D eigenvalue weighted by Gasteiger charge is 2.06. The Balaban J connectivity index is 2.37. The fourth-order valence-electron chi connectivity index (χ4n) is 1.44. The molecule has 1 aromatic rings. The van der Waals surface area contributed by atoms with Crippen LogP contribution >= 0.6 is 0 Å². The van der Waals surface area contributed by atoms with Crippen LogP contribution in [0.2, 0.25) is 0 Å². The maximum absolute atomic E-state index is 11.6. The average molecular weight is 208 g/mol. The summed E-state index contributed by atoms with van der Waals surface area (Å²) in [5.74, 6) is 0.923. The number of ketones is 1. The highest BCUT2D eigenvalue weighted by atomic mass is 16.1. The summed E-state index contributed by atoms with van der Waals surface area (Å²) in [5.41, 5.74) is 1.03. The zero-order valence-corrected chi connectivity index (χ0v) is 9.86. The molecule has 0 bridgehead atoms. The van der Waals surface area contributed by atoms with Crippen molar-refractivity contribution in [3.05, 3.63) is 18.0 Å². The predicted molar refractivity (Wildman–Crippen MR) is 60.7 cm³/mol. The second-order valence-corrected chi connectivity index (χ2v) is 4.35. The van der Waals surface area contributed by atoms with Crippen molar-refractivity contribution >= 4 is 5.78 Å². The van der Waals surface area contributed by atoms with Gasteiger partial charge in [-0.1, -0.05) is 13.8 Å². The molecule has 0 aliphatic carbocycles. The van der Waals surface area contributed by atoms with Gasteiger partial charge in [-0.05, 0) is 24.8 Å². The van der Waals surface area contributed by atoms with Gasteiger partial charge in [-0.25, -0.2) is 0 Å². The lowest BCUT2D eigenvalue weighted by molar-refractivity contribution is -0.118. The molecule has 0 spiro atoms. The van der Waals surface area contributed by atoms with Gasteiger partial charge in [0.1, 0.15) is 5.78 Å². The van der Waals surface area contributed by atoms with Crippen molar-refractivity contribution in [2.45, 2.75) is 46.6 Å². The van der Waals surface area contributed by atoms with Crippen LogP contribution in [0.25, 0.3) is 0 Å². The molecule has 0 amide bonds. The van der Waals surface area contributed by atoms with Gasteiger partial charge in [-0.15, -0.1) is 0 Å². The van der Waals surface area contributed by atoms with Crippen LogP contribution in [0, 0.1) is 5.92 Å². The van der Waals surface area contributed by atoms with Crippen molar-refractivity contribution in [3.63, 3.8) is 0 Å². The fraction of sp³-hybridized carbons (Fsp3) is 0.667. The van der Waals surface area contributed by atoms with Gasteiger partial charge in [-0.2, -0.15) is 5.10 Å². The summed E-state index contributed by atoms with van der Waals surface area (Å²) in [6, 6.07) is 0. The van der Waals surface area contributed by atoms with E-state index >= 15 is 0 Å². The molecule has 0 aliphatic heterocycles. The molecule has 0 saturated heterocycles. The number of aryl methyl sites for hydroxylation is 1. The van der Waals surface area contributed by atoms with Crippen LogP contribution < -0.4 is 0 Å². The number of carbonyl (C=O) groups is 1. The topological polar surface area (TPSA) is 34.9 Å². The van der Waals surface area contributed by atoms with E-state index in [-0.39, 0.29) is 0 Å². The van der Waals surface area contributed by atoms with E-state index in [9.17, 15) is 4.79 Å². The summed E-state index contributed by atoms with van der Waals surface area (Å²) in [6.45, 7) is 7.18. The third-order valence-corrected chi connectivity index (χ3v) is 2.41. The lowest BCUT2D eigenvalue weighted by Crippen LogP contribution is -2.03. The second-order valence-electron chi connectivity index (χ2n) is 4.35. The number of hydrogen-bond donors (Lipinski definition) is 0. The Morgan fingerprint density at radius 3 is 2.80 bits per heavy atom. The molecule has 0 fully saturated rings. The molecule has 3 heteroatoms. The first-order valence-electron chi connectivity index (χ1n) is 5.64. The Bertz CT molecular complexity index is 315. The number of Topliss-reactive ketones (excluding diaryl/α,β-unsaturated/α-hetero) is 1. The SMILES string of the molecule is CCn1cc(CC(=O)CCC(C)C)cn1. The summed E-state index contributed by atoms with van der Waals surface area (Å²) in [6.07, 6.45) is 5.95. The van der Waals surface area contributed by atoms with Gasteiger partial charge in [0.15, 0.2) is 0 Å². The number of aromatic nitrogens is 2. The van der Waals surface area contributed by atoms with E-state index in [2.05, 4.69) is 18.9 Å². The monoisotopic (exact) mass is 208 g/mol. The predicted octanol–water partition coefficient (Wildman–Crippen LogP) is 2.45. The first-order valence-corrected chi connectivity index (χ1v) is 5.64. The largest absolute Gasteiger partial charge is 0.299 e. The van der Waals surface area contributed by atoms with E-state index in [0.717, 1.165) is 18.5 Å². The molecule has 15 heavy (non-hydrogen) atoms. The van der Waals surface area contributed by atoms with Crippen LogP contribution in [-0.4, -0.2) is 15.6 Å². The normalized spacial score (nSPS) is 10.9. The van der Waals surface area contributed by atoms with E-state index in [1.807, 2.05) is 17.8 Å². The van der Waals surface area contributed by atoms with Crippen molar-refractivity contribution in [1.29, 1.82) is 0 Å². The van der Waals surface area contributed by atoms with Crippen molar-refractivity contribution in [1.82, 2.24) is 9.78 Å². The minimum absolute atomic E-state index is 0.319. The van der Waals surface area contributed by atoms with Crippen molar-refractivity contribution in [2.24, 2.45) is 5.92 Å². The van der Waals surface area contributed by atoms with Gasteiger partial charge in [0.25, 0.3) is 0 Å². The summed E-state index contributed by atoms with van der Waals surface area (Å²) in [5, 5.41) is 4.15. The molecule has 1 rings (SSSR count). The van der Waals surface area contributed by atoms with E-state index in [1.54, 1.807) is 6.20 Å². The molecule has 3 nitrogen and oxygen atoms in total. The summed E-state index contributed by atoms with van der Waals surface area (Å²) in [4.78, 5) is 11.6. The molecule has 0 aliphatic rings. The lowest BCUT2D eigenvalue weighted by Gasteiger charge is -2.02. The van der Waals surface area contributed by atoms with Gasteiger partial charge >= 0.3 is 0 Å². The van der Waals surface area contributed by atoms with Crippen molar-refractivity contribution < 1.29 is 4.79 Å². The Kier molecular flexibility index (Phi) is 4.53. The smallest absolute Gasteiger partial charge is 0.137 e. The van der Waals surface area contributed by atoms with Gasteiger partial charge in [0.05, 0.1) is 6.20 Å². The highest BCUT2D eigenvalue weighted by Crippen LogP contribution is 2.07. The maximum atomic E-state index is 11.6. The van der Waals surface area contributed by atoms with E-state index in [0.29, 0.717) is 24.5 Å². The minimum Gasteiger partial charge on any atom is -0.299 e. The highest BCUT2D eigenvalue weighted by molar-refractivity contribution is 5.80. The second kappa shape index (κ2) is 5.69. The van der Waals surface area contributed by atoms with Crippen LogP contribution in [0.4, 0.5) is 0 Å². The molecule has 0 N–H and O–H groups in total. The van der Waals surface area contributed by atoms with Crippen LogP contribution in [0.3, 0.4) is 0 Å². The third-order valence-electron chi connectivity index (χ3n) is 2.41. The molecule has 1 heterocycles. The third kappa shape index (κ3) is 4.28. The zero-order chi connectivity index (χ0) is 11.3. The first-order chi connectivity index (χ1) is 7.11. The summed E-state index contributed by atoms with van der Waals surface area (Å²) < 4.78 is 1.85. The van der Waals surface area contributed by atoms with Crippen LogP contribution in [-0.2, 0) is 17.8 Å². The zero-order valence-electron chi connectivity index (χ0n) is 9.86. The molecule has 1 aromatic heterocycles. The Morgan fingerprint density at radius 2 is 2.27 bits per heavy atom. The molecule has 0 saturated carbocycles. The molecule has 0 aromatic carbocycles. The quantitative estimate of drug-likeness (QED) is 0.719. The van der Waals surface area contributed by atoms with Crippen molar-refractivity contribution in [2.75, 3.05) is 0 Å². The van der Waals surface area contributed by atoms with Gasteiger partial charge in [0, 0.05) is 25.6 Å². The summed E-state index contributed by atoms with van der Waals surface area (Å²) >= 11 is 0. The first kappa shape index (κ1) is 12.0. The Morgan fingerprint density at radius 1 is 1.53 bits per heavy atom. The average Bonchev–Trinajstić information content (AvgIpc) is 2.62. The van der Waals surface area contributed by atoms with E-state index in [1.165, 1.54) is 0 Å². The Labute approximate surface area is 91.5 Å². The molecule has 0 unspecified atom stereocenters. The fourth-order valence-corrected chi connectivity index (χ4v) is 1.44. The number of carbonyl (C=O) groups excluding carboxylic acids is 1. The maximum Gasteiger partial charge on any atom is 0.137 e. The Hall–Kier alpha value is -1.12. The van der Waals surface area contributed by atoms with Crippen LogP contribution in [0.15, 0.2) is 12.4 Å². The van der Waals surface area contributed by atoms with Gasteiger partial charge in [0.2, 0.25) is 0 Å². The van der Waals surface area contributed by atoms with E-state index in [4.69, 9.17) is 0 Å². The number of hydrogen-bond acceptors (Lipinski definition) is 2. The van der Waals surface area contributed by atoms with Crippen molar-refractivity contribution in [3.8, 4) is 0 Å². The molecular formula is C12H20N2O. The standard InChI is InChI=1S/C12H20N2O/c1-4-14-9-11(8-13-14)7-12(15)6-5-10(2)3/h8-10H,4-7H2,1-3H3.